The van der Waals surface area contributed by atoms with E-state index in [9.17, 15) is 0 Å². The third-order valence-electron chi connectivity index (χ3n) is 4.83. The fraction of sp³-hybridized carbons (Fsp3) is 0.588. The maximum absolute atomic E-state index is 6.22. The summed E-state index contributed by atoms with van der Waals surface area (Å²) < 4.78 is 5.59. The molecule has 1 N–H and O–H groups in total. The number of nitrogens with one attached hydrogen (secondary N) is 1. The number of nitrogens with zero attached hydrogens (tertiary/aromatic N) is 2. The molecule has 0 bridgehead atoms. The SMILES string of the molecule is CN=C(NCCc1ccc(Cl)cc1Cl)N1CCC2(CCOC2)C1.I. The van der Waals surface area contributed by atoms with Crippen LogP contribution in [-0.4, -0.2) is 50.8 Å². The van der Waals surface area contributed by atoms with E-state index in [-0.39, 0.29) is 24.0 Å². The number of aliphatic imine (C=N–C) groups is 1. The smallest absolute Gasteiger partial charge is 0.193 e. The lowest BCUT2D eigenvalue weighted by Gasteiger charge is -2.25. The Morgan fingerprint density at radius 1 is 1.38 bits per heavy atom. The predicted molar refractivity (Wildman–Crippen MR) is 111 cm³/mol. The van der Waals surface area contributed by atoms with Gasteiger partial charge in [0.15, 0.2) is 5.96 Å². The van der Waals surface area contributed by atoms with Crippen LogP contribution in [0.2, 0.25) is 10.0 Å². The molecule has 7 heteroatoms. The van der Waals surface area contributed by atoms with Gasteiger partial charge < -0.3 is 15.0 Å². The molecule has 4 nitrogen and oxygen atoms in total. The second-order valence-corrected chi connectivity index (χ2v) is 7.28. The first kappa shape index (κ1) is 20.1. The highest BCUT2D eigenvalue weighted by Gasteiger charge is 2.42. The van der Waals surface area contributed by atoms with Gasteiger partial charge in [-0.25, -0.2) is 0 Å². The quantitative estimate of drug-likeness (QED) is 0.403. The van der Waals surface area contributed by atoms with E-state index in [0.717, 1.165) is 55.8 Å². The molecule has 2 fully saturated rings. The molecule has 2 heterocycles. The zero-order chi connectivity index (χ0) is 16.3. The van der Waals surface area contributed by atoms with Crippen molar-refractivity contribution >= 4 is 53.1 Å². The van der Waals surface area contributed by atoms with E-state index in [1.54, 1.807) is 6.07 Å². The lowest BCUT2D eigenvalue weighted by molar-refractivity contribution is 0.156. The Hall–Kier alpha value is -0.240. The molecule has 3 rings (SSSR count). The van der Waals surface area contributed by atoms with Crippen molar-refractivity contribution in [1.82, 2.24) is 10.2 Å². The zero-order valence-electron chi connectivity index (χ0n) is 13.9. The van der Waals surface area contributed by atoms with E-state index < -0.39 is 0 Å². The lowest BCUT2D eigenvalue weighted by atomic mass is 9.87. The van der Waals surface area contributed by atoms with Crippen molar-refractivity contribution in [1.29, 1.82) is 0 Å². The normalized spacial score (nSPS) is 23.6. The number of ether oxygens (including phenoxy) is 1. The van der Waals surface area contributed by atoms with Crippen molar-refractivity contribution < 1.29 is 4.74 Å². The highest BCUT2D eigenvalue weighted by atomic mass is 127. The van der Waals surface area contributed by atoms with Crippen LogP contribution in [0.1, 0.15) is 18.4 Å². The molecular weight excluding hydrogens is 460 g/mol. The van der Waals surface area contributed by atoms with Gasteiger partial charge in [0.2, 0.25) is 0 Å². The van der Waals surface area contributed by atoms with Crippen molar-refractivity contribution in [3.05, 3.63) is 33.8 Å². The summed E-state index contributed by atoms with van der Waals surface area (Å²) in [5, 5.41) is 4.84. The summed E-state index contributed by atoms with van der Waals surface area (Å²) >= 11 is 12.2. The summed E-state index contributed by atoms with van der Waals surface area (Å²) in [7, 11) is 1.84. The van der Waals surface area contributed by atoms with Crippen molar-refractivity contribution in [3.63, 3.8) is 0 Å². The summed E-state index contributed by atoms with van der Waals surface area (Å²) in [6.45, 7) is 4.67. The standard InChI is InChI=1S/C17H23Cl2N3O.HI/c1-20-16(22-8-5-17(11-22)6-9-23-12-17)21-7-4-13-2-3-14(18)10-15(13)19;/h2-3,10H,4-9,11-12H2,1H3,(H,20,21);1H. The zero-order valence-corrected chi connectivity index (χ0v) is 17.7. The minimum Gasteiger partial charge on any atom is -0.381 e. The minimum absolute atomic E-state index is 0. The maximum Gasteiger partial charge on any atom is 0.193 e. The van der Waals surface area contributed by atoms with E-state index >= 15 is 0 Å². The highest BCUT2D eigenvalue weighted by molar-refractivity contribution is 14.0. The fourth-order valence-electron chi connectivity index (χ4n) is 3.45. The Morgan fingerprint density at radius 3 is 2.88 bits per heavy atom. The van der Waals surface area contributed by atoms with Gasteiger partial charge >= 0.3 is 0 Å². The Kier molecular flexibility index (Phi) is 7.46. The van der Waals surface area contributed by atoms with Gasteiger partial charge in [0.1, 0.15) is 0 Å². The third-order valence-corrected chi connectivity index (χ3v) is 5.41. The van der Waals surface area contributed by atoms with Gasteiger partial charge in [0.25, 0.3) is 0 Å². The average molecular weight is 484 g/mol. The van der Waals surface area contributed by atoms with Crippen molar-refractivity contribution in [2.24, 2.45) is 10.4 Å². The molecule has 0 radical (unpaired) electrons. The Labute approximate surface area is 171 Å². The van der Waals surface area contributed by atoms with Crippen LogP contribution in [0.5, 0.6) is 0 Å². The van der Waals surface area contributed by atoms with Gasteiger partial charge in [0, 0.05) is 48.7 Å². The summed E-state index contributed by atoms with van der Waals surface area (Å²) in [4.78, 5) is 6.77. The Morgan fingerprint density at radius 2 is 2.21 bits per heavy atom. The number of hydrogen-bond acceptors (Lipinski definition) is 2. The molecule has 0 aromatic heterocycles. The number of guanidine groups is 1. The summed E-state index contributed by atoms with van der Waals surface area (Å²) in [5.41, 5.74) is 1.44. The first-order chi connectivity index (χ1) is 11.1. The van der Waals surface area contributed by atoms with E-state index in [1.165, 1.54) is 12.8 Å². The number of likely N-dealkylation sites (tertiary alicyclic amines) is 1. The molecule has 0 amide bonds. The van der Waals surface area contributed by atoms with Gasteiger partial charge in [0.05, 0.1) is 6.61 Å². The topological polar surface area (TPSA) is 36.9 Å². The van der Waals surface area contributed by atoms with Crippen LogP contribution in [0.4, 0.5) is 0 Å². The average Bonchev–Trinajstić information content (AvgIpc) is 3.16. The van der Waals surface area contributed by atoms with E-state index in [4.69, 9.17) is 27.9 Å². The number of halogens is 3. The molecule has 2 saturated heterocycles. The molecule has 1 atom stereocenters. The number of benzene rings is 1. The number of rotatable bonds is 3. The predicted octanol–water partition coefficient (Wildman–Crippen LogP) is 3.84. The molecule has 1 aromatic rings. The minimum atomic E-state index is 0. The van der Waals surface area contributed by atoms with Gasteiger partial charge in [-0.3, -0.25) is 4.99 Å². The summed E-state index contributed by atoms with van der Waals surface area (Å²) in [6, 6.07) is 5.65. The van der Waals surface area contributed by atoms with E-state index in [2.05, 4.69) is 15.2 Å². The first-order valence-corrected chi connectivity index (χ1v) is 8.85. The molecule has 24 heavy (non-hydrogen) atoms. The highest BCUT2D eigenvalue weighted by Crippen LogP contribution is 2.38. The first-order valence-electron chi connectivity index (χ1n) is 8.09. The third kappa shape index (κ3) is 4.68. The molecule has 2 aliphatic rings. The van der Waals surface area contributed by atoms with Crippen molar-refractivity contribution in [3.8, 4) is 0 Å². The van der Waals surface area contributed by atoms with Gasteiger partial charge in [-0.05, 0) is 37.0 Å². The van der Waals surface area contributed by atoms with Gasteiger partial charge in [-0.1, -0.05) is 29.3 Å². The molecule has 2 aliphatic heterocycles. The molecule has 134 valence electrons. The maximum atomic E-state index is 6.22. The Balaban J connectivity index is 0.00000208. The van der Waals surface area contributed by atoms with Crippen LogP contribution in [0.15, 0.2) is 23.2 Å². The van der Waals surface area contributed by atoms with Crippen LogP contribution in [-0.2, 0) is 11.2 Å². The van der Waals surface area contributed by atoms with Crippen molar-refractivity contribution in [2.45, 2.75) is 19.3 Å². The molecule has 1 unspecified atom stereocenters. The second kappa shape index (κ2) is 8.92. The van der Waals surface area contributed by atoms with E-state index in [1.807, 2.05) is 19.2 Å². The Bertz CT molecular complexity index is 591. The number of hydrogen-bond donors (Lipinski definition) is 1. The van der Waals surface area contributed by atoms with Gasteiger partial charge in [-0.2, -0.15) is 0 Å². The largest absolute Gasteiger partial charge is 0.381 e. The summed E-state index contributed by atoms with van der Waals surface area (Å²) in [6.07, 6.45) is 3.20. The van der Waals surface area contributed by atoms with Crippen LogP contribution < -0.4 is 5.32 Å². The molecule has 1 spiro atoms. The van der Waals surface area contributed by atoms with Crippen LogP contribution in [0.25, 0.3) is 0 Å². The van der Waals surface area contributed by atoms with Crippen molar-refractivity contribution in [2.75, 3.05) is 39.9 Å². The molecular formula is C17H24Cl2IN3O. The van der Waals surface area contributed by atoms with Crippen LogP contribution >= 0.6 is 47.2 Å². The van der Waals surface area contributed by atoms with Gasteiger partial charge in [-0.15, -0.1) is 24.0 Å². The second-order valence-electron chi connectivity index (χ2n) is 6.43. The molecule has 0 aliphatic carbocycles. The summed E-state index contributed by atoms with van der Waals surface area (Å²) in [5.74, 6) is 0.971. The fourth-order valence-corrected chi connectivity index (χ4v) is 3.96. The lowest BCUT2D eigenvalue weighted by Crippen LogP contribution is -2.42. The molecule has 1 aromatic carbocycles. The van der Waals surface area contributed by atoms with Crippen LogP contribution in [0.3, 0.4) is 0 Å². The molecule has 0 saturated carbocycles. The van der Waals surface area contributed by atoms with Crippen LogP contribution in [0, 0.1) is 5.41 Å². The monoisotopic (exact) mass is 483 g/mol. The van der Waals surface area contributed by atoms with E-state index in [0.29, 0.717) is 10.4 Å².